The second-order valence-corrected chi connectivity index (χ2v) is 2.34. The maximum absolute atomic E-state index is 5.19. The van der Waals surface area contributed by atoms with Gasteiger partial charge in [-0.25, -0.2) is 0 Å². The summed E-state index contributed by atoms with van der Waals surface area (Å²) in [7, 11) is 0. The summed E-state index contributed by atoms with van der Waals surface area (Å²) in [5, 5.41) is 4.40. The molecule has 2 nitrogen and oxygen atoms in total. The molecule has 0 spiro atoms. The quantitative estimate of drug-likeness (QED) is 0.462. The predicted molar refractivity (Wildman–Crippen MR) is 37.7 cm³/mol. The Morgan fingerprint density at radius 2 is 2.00 bits per heavy atom. The summed E-state index contributed by atoms with van der Waals surface area (Å²) in [6, 6.07) is 0.601. The topological polar surface area (TPSA) is 23.3 Å². The fourth-order valence-electron chi connectivity index (χ4n) is 1.13. The van der Waals surface area contributed by atoms with Gasteiger partial charge in [-0.1, -0.05) is 6.92 Å². The van der Waals surface area contributed by atoms with E-state index in [1.165, 1.54) is 0 Å². The molecule has 0 aromatic carbocycles. The largest absolute Gasteiger partial charge is 1.00 e. The minimum Gasteiger partial charge on any atom is -0.660 e. The first kappa shape index (κ1) is 11.6. The van der Waals surface area contributed by atoms with Crippen molar-refractivity contribution < 1.29 is 56.1 Å². The number of hydrogen-bond donors (Lipinski definition) is 0. The molecule has 3 heteroatoms. The van der Waals surface area contributed by atoms with Crippen LogP contribution in [0.5, 0.6) is 0 Å². The molecular weight excluding hydrogens is 153 g/mol. The number of ether oxygens (including phenoxy) is 1. The van der Waals surface area contributed by atoms with Gasteiger partial charge in [0.1, 0.15) is 0 Å². The Balaban J connectivity index is 0.000000810. The SMILES string of the molecule is CC[N-]C1CCOCC1.[K+]. The molecule has 0 bridgehead atoms. The Morgan fingerprint density at radius 3 is 2.50 bits per heavy atom. The molecule has 0 atom stereocenters. The van der Waals surface area contributed by atoms with E-state index in [-0.39, 0.29) is 51.4 Å². The molecule has 0 unspecified atom stereocenters. The molecule has 0 N–H and O–H groups in total. The first-order valence-corrected chi connectivity index (χ1v) is 3.68. The number of nitrogens with zero attached hydrogens (tertiary/aromatic N) is 1. The summed E-state index contributed by atoms with van der Waals surface area (Å²) in [5.74, 6) is 0. The van der Waals surface area contributed by atoms with Crippen molar-refractivity contribution in [2.45, 2.75) is 25.8 Å². The summed E-state index contributed by atoms with van der Waals surface area (Å²) in [6.45, 7) is 4.88. The van der Waals surface area contributed by atoms with Crippen LogP contribution >= 0.6 is 0 Å². The Morgan fingerprint density at radius 1 is 1.40 bits per heavy atom. The molecule has 1 aliphatic rings. The molecule has 0 amide bonds. The molecule has 54 valence electrons. The van der Waals surface area contributed by atoms with Crippen LogP contribution in [0.2, 0.25) is 0 Å². The van der Waals surface area contributed by atoms with Crippen LogP contribution < -0.4 is 51.4 Å². The van der Waals surface area contributed by atoms with E-state index in [4.69, 9.17) is 4.74 Å². The zero-order valence-corrected chi connectivity index (χ0v) is 10.1. The van der Waals surface area contributed by atoms with Crippen molar-refractivity contribution in [3.63, 3.8) is 0 Å². The molecule has 10 heavy (non-hydrogen) atoms. The molecule has 1 saturated heterocycles. The monoisotopic (exact) mass is 167 g/mol. The van der Waals surface area contributed by atoms with E-state index in [2.05, 4.69) is 12.2 Å². The van der Waals surface area contributed by atoms with E-state index in [0.29, 0.717) is 6.04 Å². The van der Waals surface area contributed by atoms with Gasteiger partial charge in [0, 0.05) is 13.2 Å². The Hall–Kier alpha value is 1.56. The smallest absolute Gasteiger partial charge is 0.660 e. The molecule has 0 aromatic heterocycles. The van der Waals surface area contributed by atoms with Gasteiger partial charge < -0.3 is 10.1 Å². The average molecular weight is 167 g/mol. The molecule has 1 aliphatic heterocycles. The van der Waals surface area contributed by atoms with Crippen molar-refractivity contribution in [3.05, 3.63) is 5.32 Å². The third-order valence-electron chi connectivity index (χ3n) is 1.63. The van der Waals surface area contributed by atoms with E-state index in [9.17, 15) is 0 Å². The Bertz CT molecular complexity index is 71.3. The second-order valence-electron chi connectivity index (χ2n) is 2.34. The van der Waals surface area contributed by atoms with Crippen molar-refractivity contribution in [3.8, 4) is 0 Å². The Labute approximate surface area is 106 Å². The van der Waals surface area contributed by atoms with Crippen LogP contribution in [0.1, 0.15) is 19.8 Å². The van der Waals surface area contributed by atoms with Crippen molar-refractivity contribution in [1.29, 1.82) is 0 Å². The molecular formula is C7H14KNO. The first-order valence-electron chi connectivity index (χ1n) is 3.68. The minimum atomic E-state index is 0. The molecule has 1 heterocycles. The van der Waals surface area contributed by atoms with Gasteiger partial charge in [-0.2, -0.15) is 6.54 Å². The zero-order valence-electron chi connectivity index (χ0n) is 6.97. The minimum absolute atomic E-state index is 0. The molecule has 0 aromatic rings. The van der Waals surface area contributed by atoms with Crippen molar-refractivity contribution in [2.75, 3.05) is 19.8 Å². The van der Waals surface area contributed by atoms with Gasteiger partial charge >= 0.3 is 51.4 Å². The fourth-order valence-corrected chi connectivity index (χ4v) is 1.13. The molecule has 0 radical (unpaired) electrons. The Kier molecular flexibility index (Phi) is 8.34. The molecule has 1 fully saturated rings. The number of rotatable bonds is 2. The average Bonchev–Trinajstić information content (AvgIpc) is 1.91. The first-order chi connectivity index (χ1) is 4.43. The predicted octanol–water partition coefficient (Wildman–Crippen LogP) is -1.44. The standard InChI is InChI=1S/C7H14NO.K/c1-2-8-7-3-5-9-6-4-7;/h7H,2-6H2,1H3;/q-1;+1. The van der Waals surface area contributed by atoms with Crippen LogP contribution in [-0.2, 0) is 4.74 Å². The van der Waals surface area contributed by atoms with Crippen molar-refractivity contribution in [2.24, 2.45) is 0 Å². The summed E-state index contributed by atoms with van der Waals surface area (Å²) < 4.78 is 5.19. The molecule has 0 saturated carbocycles. The van der Waals surface area contributed by atoms with Gasteiger partial charge in [-0.3, -0.25) is 0 Å². The fraction of sp³-hybridized carbons (Fsp3) is 1.00. The third kappa shape index (κ3) is 4.44. The van der Waals surface area contributed by atoms with Crippen LogP contribution in [-0.4, -0.2) is 25.8 Å². The van der Waals surface area contributed by atoms with Gasteiger partial charge in [-0.15, -0.1) is 6.04 Å². The van der Waals surface area contributed by atoms with E-state index < -0.39 is 0 Å². The van der Waals surface area contributed by atoms with E-state index in [0.717, 1.165) is 32.6 Å². The zero-order chi connectivity index (χ0) is 6.53. The van der Waals surface area contributed by atoms with Gasteiger partial charge in [0.15, 0.2) is 0 Å². The van der Waals surface area contributed by atoms with Crippen molar-refractivity contribution in [1.82, 2.24) is 0 Å². The summed E-state index contributed by atoms with van der Waals surface area (Å²) in [6.07, 6.45) is 2.27. The number of hydrogen-bond acceptors (Lipinski definition) is 1. The third-order valence-corrected chi connectivity index (χ3v) is 1.63. The molecule has 1 rings (SSSR count). The van der Waals surface area contributed by atoms with Gasteiger partial charge in [0.25, 0.3) is 0 Å². The summed E-state index contributed by atoms with van der Waals surface area (Å²) in [4.78, 5) is 0. The summed E-state index contributed by atoms with van der Waals surface area (Å²) in [5.41, 5.74) is 0. The van der Waals surface area contributed by atoms with Crippen LogP contribution in [0, 0.1) is 0 Å². The van der Waals surface area contributed by atoms with E-state index in [1.54, 1.807) is 0 Å². The van der Waals surface area contributed by atoms with Crippen LogP contribution in [0.25, 0.3) is 5.32 Å². The molecule has 0 aliphatic carbocycles. The van der Waals surface area contributed by atoms with Crippen LogP contribution in [0.3, 0.4) is 0 Å². The van der Waals surface area contributed by atoms with Crippen LogP contribution in [0.4, 0.5) is 0 Å². The van der Waals surface area contributed by atoms with E-state index in [1.807, 2.05) is 0 Å². The van der Waals surface area contributed by atoms with Crippen molar-refractivity contribution >= 4 is 0 Å². The maximum Gasteiger partial charge on any atom is 1.00 e. The van der Waals surface area contributed by atoms with Gasteiger partial charge in [0.2, 0.25) is 0 Å². The van der Waals surface area contributed by atoms with Crippen LogP contribution in [0.15, 0.2) is 0 Å². The van der Waals surface area contributed by atoms with Gasteiger partial charge in [0.05, 0.1) is 0 Å². The summed E-state index contributed by atoms with van der Waals surface area (Å²) >= 11 is 0. The second kappa shape index (κ2) is 7.22. The normalized spacial score (nSPS) is 20.1. The van der Waals surface area contributed by atoms with Gasteiger partial charge in [-0.05, 0) is 12.8 Å². The maximum atomic E-state index is 5.19. The van der Waals surface area contributed by atoms with E-state index >= 15 is 0 Å².